The van der Waals surface area contributed by atoms with E-state index in [2.05, 4.69) is 4.99 Å². The molecule has 1 aliphatic heterocycles. The van der Waals surface area contributed by atoms with Crippen LogP contribution in [0.3, 0.4) is 0 Å². The average Bonchev–Trinajstić information content (AvgIpc) is 2.78. The minimum Gasteiger partial charge on any atom is -0.504 e. The first kappa shape index (κ1) is 12.9. The number of nitrogens with zero attached hydrogens (tertiary/aromatic N) is 2. The van der Waals surface area contributed by atoms with Crippen molar-refractivity contribution in [1.29, 1.82) is 0 Å². The van der Waals surface area contributed by atoms with E-state index in [1.807, 2.05) is 0 Å². The van der Waals surface area contributed by atoms with Gasteiger partial charge in [0.2, 0.25) is 0 Å². The molecule has 1 aliphatic rings. The molecule has 0 bridgehead atoms. The van der Waals surface area contributed by atoms with Crippen molar-refractivity contribution >= 4 is 17.4 Å². The molecule has 1 N–H and O–H groups in total. The fraction of sp³-hybridized carbons (Fsp3) is 0.286. The SMILES string of the molecule is COc1cc(/C=c2/sc3n(c2=O)CCCN=3)ccc1O. The highest BCUT2D eigenvalue weighted by molar-refractivity contribution is 7.07. The van der Waals surface area contributed by atoms with Crippen molar-refractivity contribution < 1.29 is 9.84 Å². The Morgan fingerprint density at radius 1 is 1.50 bits per heavy atom. The van der Waals surface area contributed by atoms with Crippen LogP contribution < -0.4 is 19.6 Å². The molecule has 5 nitrogen and oxygen atoms in total. The summed E-state index contributed by atoms with van der Waals surface area (Å²) in [7, 11) is 1.50. The van der Waals surface area contributed by atoms with Crippen molar-refractivity contribution in [3.05, 3.63) is 43.5 Å². The summed E-state index contributed by atoms with van der Waals surface area (Å²) in [6.07, 6.45) is 2.71. The highest BCUT2D eigenvalue weighted by Gasteiger charge is 2.09. The maximum absolute atomic E-state index is 12.2. The van der Waals surface area contributed by atoms with Gasteiger partial charge >= 0.3 is 0 Å². The third-order valence-corrected chi connectivity index (χ3v) is 4.22. The molecule has 104 valence electrons. The molecule has 2 aromatic rings. The summed E-state index contributed by atoms with van der Waals surface area (Å²) in [4.78, 5) is 17.4. The lowest BCUT2D eigenvalue weighted by Crippen LogP contribution is -2.33. The number of hydrogen-bond acceptors (Lipinski definition) is 5. The van der Waals surface area contributed by atoms with Crippen molar-refractivity contribution in [3.63, 3.8) is 0 Å². The standard InChI is InChI=1S/C14H14N2O3S/c1-19-11-7-9(3-4-10(11)17)8-12-13(18)16-6-2-5-15-14(16)20-12/h3-4,7-8,17H,2,5-6H2,1H3/b12-8+. The number of methoxy groups -OCH3 is 1. The molecular formula is C14H14N2O3S. The molecule has 0 aliphatic carbocycles. The Balaban J connectivity index is 2.14. The van der Waals surface area contributed by atoms with Gasteiger partial charge in [0, 0.05) is 13.1 Å². The van der Waals surface area contributed by atoms with Gasteiger partial charge in [-0.3, -0.25) is 14.4 Å². The average molecular weight is 290 g/mol. The Bertz CT molecular complexity index is 820. The minimum absolute atomic E-state index is 0.000455. The van der Waals surface area contributed by atoms with Gasteiger partial charge in [-0.2, -0.15) is 0 Å². The van der Waals surface area contributed by atoms with Crippen LogP contribution in [0.25, 0.3) is 6.08 Å². The topological polar surface area (TPSA) is 63.8 Å². The van der Waals surface area contributed by atoms with Crippen LogP contribution in [0.4, 0.5) is 0 Å². The maximum Gasteiger partial charge on any atom is 0.270 e. The number of rotatable bonds is 2. The van der Waals surface area contributed by atoms with Crippen LogP contribution in [0.5, 0.6) is 11.5 Å². The molecular weight excluding hydrogens is 276 g/mol. The predicted octanol–water partition coefficient (Wildman–Crippen LogP) is 0.476. The molecule has 2 heterocycles. The Morgan fingerprint density at radius 3 is 3.10 bits per heavy atom. The molecule has 0 atom stereocenters. The van der Waals surface area contributed by atoms with Gasteiger partial charge in [0.25, 0.3) is 5.56 Å². The quantitative estimate of drug-likeness (QED) is 0.875. The second-order valence-corrected chi connectivity index (χ2v) is 5.53. The third kappa shape index (κ3) is 2.22. The Labute approximate surface area is 119 Å². The van der Waals surface area contributed by atoms with Crippen molar-refractivity contribution in [2.24, 2.45) is 4.99 Å². The second-order valence-electron chi connectivity index (χ2n) is 4.52. The summed E-state index contributed by atoms with van der Waals surface area (Å²) >= 11 is 1.40. The molecule has 0 saturated heterocycles. The number of phenols is 1. The fourth-order valence-corrected chi connectivity index (χ4v) is 3.19. The Kier molecular flexibility index (Phi) is 3.31. The molecule has 6 heteroatoms. The van der Waals surface area contributed by atoms with E-state index in [0.29, 0.717) is 10.3 Å². The first-order valence-electron chi connectivity index (χ1n) is 6.32. The van der Waals surface area contributed by atoms with E-state index < -0.39 is 0 Å². The molecule has 20 heavy (non-hydrogen) atoms. The van der Waals surface area contributed by atoms with Gasteiger partial charge in [-0.1, -0.05) is 17.4 Å². The first-order chi connectivity index (χ1) is 9.69. The van der Waals surface area contributed by atoms with Crippen LogP contribution in [0, 0.1) is 0 Å². The van der Waals surface area contributed by atoms with Gasteiger partial charge in [0.1, 0.15) is 0 Å². The van der Waals surface area contributed by atoms with Crippen LogP contribution in [-0.4, -0.2) is 23.3 Å². The highest BCUT2D eigenvalue weighted by atomic mass is 32.1. The van der Waals surface area contributed by atoms with E-state index in [1.165, 1.54) is 18.4 Å². The number of fused-ring (bicyclic) bond motifs is 1. The van der Waals surface area contributed by atoms with Gasteiger partial charge in [-0.05, 0) is 30.2 Å². The van der Waals surface area contributed by atoms with Gasteiger partial charge < -0.3 is 9.84 Å². The number of aromatic nitrogens is 1. The molecule has 0 radical (unpaired) electrons. The number of phenolic OH excluding ortho intramolecular Hbond substituents is 1. The third-order valence-electron chi connectivity index (χ3n) is 3.18. The van der Waals surface area contributed by atoms with Gasteiger partial charge in [-0.25, -0.2) is 0 Å². The second kappa shape index (κ2) is 5.13. The molecule has 0 fully saturated rings. The normalized spacial score (nSPS) is 14.8. The molecule has 1 aromatic carbocycles. The molecule has 0 unspecified atom stereocenters. The molecule has 3 rings (SSSR count). The summed E-state index contributed by atoms with van der Waals surface area (Å²) in [6, 6.07) is 5.01. The van der Waals surface area contributed by atoms with Crippen molar-refractivity contribution in [3.8, 4) is 11.5 Å². The minimum atomic E-state index is 0.000455. The van der Waals surface area contributed by atoms with Crippen LogP contribution >= 0.6 is 11.3 Å². The van der Waals surface area contributed by atoms with Crippen molar-refractivity contribution in [1.82, 2.24) is 4.57 Å². The number of thiazole rings is 1. The molecule has 0 amide bonds. The summed E-state index contributed by atoms with van der Waals surface area (Å²) in [5.41, 5.74) is 0.816. The summed E-state index contributed by atoms with van der Waals surface area (Å²) < 4.78 is 7.44. The smallest absolute Gasteiger partial charge is 0.270 e. The summed E-state index contributed by atoms with van der Waals surface area (Å²) in [5, 5.41) is 9.57. The summed E-state index contributed by atoms with van der Waals surface area (Å²) in [6.45, 7) is 1.52. The molecule has 0 spiro atoms. The predicted molar refractivity (Wildman–Crippen MR) is 77.1 cm³/mol. The molecule has 1 aromatic heterocycles. The lowest BCUT2D eigenvalue weighted by molar-refractivity contribution is 0.373. The summed E-state index contributed by atoms with van der Waals surface area (Å²) in [5.74, 6) is 0.478. The zero-order valence-corrected chi connectivity index (χ0v) is 11.8. The maximum atomic E-state index is 12.2. The zero-order valence-electron chi connectivity index (χ0n) is 11.0. The fourth-order valence-electron chi connectivity index (χ4n) is 2.16. The van der Waals surface area contributed by atoms with Crippen molar-refractivity contribution in [2.45, 2.75) is 13.0 Å². The first-order valence-corrected chi connectivity index (χ1v) is 7.13. The van der Waals surface area contributed by atoms with Crippen LogP contribution in [-0.2, 0) is 6.54 Å². The van der Waals surface area contributed by atoms with E-state index in [9.17, 15) is 9.90 Å². The number of ether oxygens (including phenoxy) is 1. The lowest BCUT2D eigenvalue weighted by atomic mass is 10.2. The van der Waals surface area contributed by atoms with Crippen LogP contribution in [0.2, 0.25) is 0 Å². The van der Waals surface area contributed by atoms with Crippen molar-refractivity contribution in [2.75, 3.05) is 13.7 Å². The number of hydrogen-bond donors (Lipinski definition) is 1. The van der Waals surface area contributed by atoms with Crippen LogP contribution in [0.15, 0.2) is 28.0 Å². The van der Waals surface area contributed by atoms with Gasteiger partial charge in [0.05, 0.1) is 11.6 Å². The lowest BCUT2D eigenvalue weighted by Gasteiger charge is -2.03. The van der Waals surface area contributed by atoms with E-state index in [4.69, 9.17) is 4.74 Å². The number of aromatic hydroxyl groups is 1. The van der Waals surface area contributed by atoms with Gasteiger partial charge in [-0.15, -0.1) is 0 Å². The Hall–Kier alpha value is -2.08. The largest absolute Gasteiger partial charge is 0.504 e. The van der Waals surface area contributed by atoms with E-state index in [0.717, 1.165) is 29.9 Å². The zero-order chi connectivity index (χ0) is 14.1. The monoisotopic (exact) mass is 290 g/mol. The van der Waals surface area contributed by atoms with E-state index >= 15 is 0 Å². The number of benzene rings is 1. The van der Waals surface area contributed by atoms with Gasteiger partial charge in [0.15, 0.2) is 16.3 Å². The molecule has 0 saturated carbocycles. The van der Waals surface area contributed by atoms with Crippen LogP contribution in [0.1, 0.15) is 12.0 Å². The van der Waals surface area contributed by atoms with E-state index in [-0.39, 0.29) is 11.3 Å². The Morgan fingerprint density at radius 2 is 2.35 bits per heavy atom. The van der Waals surface area contributed by atoms with E-state index in [1.54, 1.807) is 28.8 Å². The highest BCUT2D eigenvalue weighted by Crippen LogP contribution is 2.26.